The van der Waals surface area contributed by atoms with Crippen molar-refractivity contribution in [1.82, 2.24) is 15.5 Å². The van der Waals surface area contributed by atoms with Crippen LogP contribution >= 0.6 is 0 Å². The highest BCUT2D eigenvalue weighted by Gasteiger charge is 2.29. The predicted octanol–water partition coefficient (Wildman–Crippen LogP) is 2.79. The van der Waals surface area contributed by atoms with E-state index in [9.17, 15) is 14.4 Å². The largest absolute Gasteiger partial charge is 0.354 e. The molecule has 2 aromatic rings. The van der Waals surface area contributed by atoms with Gasteiger partial charge in [0.25, 0.3) is 0 Å². The number of rotatable bonds is 6. The van der Waals surface area contributed by atoms with E-state index in [1.54, 1.807) is 4.90 Å². The average Bonchev–Trinajstić information content (AvgIpc) is 3.00. The van der Waals surface area contributed by atoms with Gasteiger partial charge in [0.2, 0.25) is 11.8 Å². The van der Waals surface area contributed by atoms with E-state index >= 15 is 0 Å². The number of nitrogens with two attached hydrogens (primary N) is 1. The highest BCUT2D eigenvalue weighted by Crippen LogP contribution is 2.22. The van der Waals surface area contributed by atoms with E-state index in [2.05, 4.69) is 22.4 Å². The minimum atomic E-state index is -0.648. The van der Waals surface area contributed by atoms with Gasteiger partial charge in [0.15, 0.2) is 0 Å². The van der Waals surface area contributed by atoms with Gasteiger partial charge in [-0.05, 0) is 73.8 Å². The van der Waals surface area contributed by atoms with Gasteiger partial charge in [-0.15, -0.1) is 0 Å². The van der Waals surface area contributed by atoms with Crippen molar-refractivity contribution >= 4 is 34.3 Å². The van der Waals surface area contributed by atoms with Crippen molar-refractivity contribution < 1.29 is 14.4 Å². The van der Waals surface area contributed by atoms with Gasteiger partial charge in [-0.2, -0.15) is 0 Å². The Bertz CT molecular complexity index is 1020. The summed E-state index contributed by atoms with van der Waals surface area (Å²) in [5.74, 6) is 0.0274. The van der Waals surface area contributed by atoms with Gasteiger partial charge in [0.1, 0.15) is 6.04 Å². The summed E-state index contributed by atoms with van der Waals surface area (Å²) in [6.07, 6.45) is 7.13. The number of hydrogen-bond donors (Lipinski definition) is 4. The van der Waals surface area contributed by atoms with Crippen LogP contribution in [-0.4, -0.2) is 54.5 Å². The molecule has 0 spiro atoms. The van der Waals surface area contributed by atoms with E-state index in [4.69, 9.17) is 5.73 Å². The molecule has 3 atom stereocenters. The number of carbonyl (C=O) groups is 3. The molecule has 1 aliphatic heterocycles. The van der Waals surface area contributed by atoms with E-state index in [0.29, 0.717) is 31.1 Å². The number of likely N-dealkylation sites (tertiary alicyclic amines) is 1. The summed E-state index contributed by atoms with van der Waals surface area (Å²) >= 11 is 0. The maximum absolute atomic E-state index is 13.1. The predicted molar refractivity (Wildman–Crippen MR) is 133 cm³/mol. The lowest BCUT2D eigenvalue weighted by atomic mass is 9.86. The lowest BCUT2D eigenvalue weighted by Crippen LogP contribution is -2.51. The average molecular weight is 465 g/mol. The summed E-state index contributed by atoms with van der Waals surface area (Å²) in [5.41, 5.74) is 6.56. The van der Waals surface area contributed by atoms with Crippen molar-refractivity contribution in [2.24, 2.45) is 11.7 Å². The van der Waals surface area contributed by atoms with Gasteiger partial charge in [-0.3, -0.25) is 9.59 Å². The zero-order valence-electron chi connectivity index (χ0n) is 19.5. The number of hydrogen-bond acceptors (Lipinski definition) is 4. The number of nitrogens with one attached hydrogen (secondary N) is 3. The zero-order valence-corrected chi connectivity index (χ0v) is 19.5. The van der Waals surface area contributed by atoms with E-state index in [1.807, 2.05) is 42.5 Å². The molecular weight excluding hydrogens is 430 g/mol. The molecule has 5 N–H and O–H groups in total. The van der Waals surface area contributed by atoms with Crippen molar-refractivity contribution in [2.75, 3.05) is 25.0 Å². The molecule has 34 heavy (non-hydrogen) atoms. The molecule has 181 valence electrons. The highest BCUT2D eigenvalue weighted by atomic mass is 16.2. The normalized spacial score (nSPS) is 23.3. The van der Waals surface area contributed by atoms with Crippen LogP contribution in [0.15, 0.2) is 42.5 Å². The van der Waals surface area contributed by atoms with Crippen molar-refractivity contribution in [3.8, 4) is 0 Å². The minimum absolute atomic E-state index is 0.0131. The maximum atomic E-state index is 13.1. The van der Waals surface area contributed by atoms with Crippen molar-refractivity contribution in [2.45, 2.75) is 50.6 Å². The molecule has 1 aliphatic carbocycles. The van der Waals surface area contributed by atoms with E-state index in [0.717, 1.165) is 42.9 Å². The standard InChI is InChI=1S/C26H34N5O3/c27-21-11-8-18(9-12-21)16-28-24(32)17-31-14-4-3-7-23(25(31)33)30-26(34)29-22-13-10-19-5-1-2-6-20(19)15-22/h1-2,5-6,10-11,13,15,18,21,23H,3-4,7-9,12,14,16-17,27H2,(H,28,32)(H2,29,30,34)/t18-,21?,23?/m1/s1. The molecule has 8 nitrogen and oxygen atoms in total. The van der Waals surface area contributed by atoms with Crippen LogP contribution in [0.1, 0.15) is 38.5 Å². The van der Waals surface area contributed by atoms with Gasteiger partial charge >= 0.3 is 6.03 Å². The van der Waals surface area contributed by atoms with Crippen LogP contribution in [0.4, 0.5) is 10.5 Å². The molecule has 1 heterocycles. The first-order chi connectivity index (χ1) is 16.5. The molecular formula is C26H34N5O3. The van der Waals surface area contributed by atoms with Crippen molar-refractivity contribution in [1.29, 1.82) is 0 Å². The number of urea groups is 1. The lowest BCUT2D eigenvalue weighted by Gasteiger charge is -2.27. The molecule has 0 aromatic heterocycles. The molecule has 0 bridgehead atoms. The monoisotopic (exact) mass is 464 g/mol. The second-order valence-corrected chi connectivity index (χ2v) is 9.35. The topological polar surface area (TPSA) is 117 Å². The van der Waals surface area contributed by atoms with E-state index in [-0.39, 0.29) is 24.4 Å². The van der Waals surface area contributed by atoms with Crippen LogP contribution in [-0.2, 0) is 9.59 Å². The number of anilines is 1. The number of amides is 4. The first kappa shape index (κ1) is 24.0. The zero-order chi connectivity index (χ0) is 23.9. The molecule has 4 amide bonds. The maximum Gasteiger partial charge on any atom is 0.319 e. The second-order valence-electron chi connectivity index (χ2n) is 9.35. The highest BCUT2D eigenvalue weighted by molar-refractivity contribution is 5.96. The molecule has 2 unspecified atom stereocenters. The first-order valence-electron chi connectivity index (χ1n) is 12.2. The first-order valence-corrected chi connectivity index (χ1v) is 12.2. The Morgan fingerprint density at radius 2 is 1.85 bits per heavy atom. The Labute approximate surface area is 200 Å². The number of carbonyl (C=O) groups excluding carboxylic acids is 3. The Morgan fingerprint density at radius 1 is 1.03 bits per heavy atom. The summed E-state index contributed by atoms with van der Waals surface area (Å²) in [4.78, 5) is 39.8. The molecule has 2 aliphatic rings. The van der Waals surface area contributed by atoms with Gasteiger partial charge in [0.05, 0.1) is 6.54 Å². The van der Waals surface area contributed by atoms with E-state index < -0.39 is 12.1 Å². The van der Waals surface area contributed by atoms with Crippen molar-refractivity contribution in [3.63, 3.8) is 0 Å². The van der Waals surface area contributed by atoms with Crippen molar-refractivity contribution in [3.05, 3.63) is 48.9 Å². The van der Waals surface area contributed by atoms with Crippen LogP contribution in [0, 0.1) is 12.3 Å². The van der Waals surface area contributed by atoms with Crippen LogP contribution in [0.5, 0.6) is 0 Å². The molecule has 8 heteroatoms. The van der Waals surface area contributed by atoms with Gasteiger partial charge in [-0.25, -0.2) is 4.79 Å². The van der Waals surface area contributed by atoms with Gasteiger partial charge in [0, 0.05) is 24.8 Å². The molecule has 1 saturated heterocycles. The number of benzene rings is 2. The molecule has 4 rings (SSSR count). The second kappa shape index (κ2) is 11.3. The Kier molecular flexibility index (Phi) is 8.00. The van der Waals surface area contributed by atoms with Crippen LogP contribution in [0.2, 0.25) is 0 Å². The molecule has 1 saturated carbocycles. The number of nitrogens with zero attached hydrogens (tertiary/aromatic N) is 1. The summed E-state index contributed by atoms with van der Waals surface area (Å²) in [7, 11) is 0. The van der Waals surface area contributed by atoms with Crippen LogP contribution in [0.3, 0.4) is 0 Å². The summed E-state index contributed by atoms with van der Waals surface area (Å²) in [6.45, 7) is 1.13. The Balaban J connectivity index is 1.28. The fourth-order valence-electron chi connectivity index (χ4n) is 4.69. The SMILES string of the molecule is NC1[CH]C[C@@H](CNC(=O)CN2CCCCC(NC(=O)Nc3ccc4ccccc4c3)C2=O)CC1. The molecule has 2 fully saturated rings. The van der Waals surface area contributed by atoms with Gasteiger partial charge in [-0.1, -0.05) is 30.3 Å². The van der Waals surface area contributed by atoms with Gasteiger partial charge < -0.3 is 26.6 Å². The third-order valence-corrected chi connectivity index (χ3v) is 6.70. The summed E-state index contributed by atoms with van der Waals surface area (Å²) < 4.78 is 0. The van der Waals surface area contributed by atoms with Crippen LogP contribution in [0.25, 0.3) is 10.8 Å². The Morgan fingerprint density at radius 3 is 2.65 bits per heavy atom. The quantitative estimate of drug-likeness (QED) is 0.526. The number of fused-ring (bicyclic) bond motifs is 1. The summed E-state index contributed by atoms with van der Waals surface area (Å²) in [5, 5.41) is 10.7. The third kappa shape index (κ3) is 6.47. The summed E-state index contributed by atoms with van der Waals surface area (Å²) in [6, 6.07) is 12.7. The smallest absolute Gasteiger partial charge is 0.319 e. The molecule has 1 radical (unpaired) electrons. The minimum Gasteiger partial charge on any atom is -0.354 e. The molecule has 2 aromatic carbocycles. The third-order valence-electron chi connectivity index (χ3n) is 6.70. The van der Waals surface area contributed by atoms with Crippen LogP contribution < -0.4 is 21.7 Å². The lowest BCUT2D eigenvalue weighted by molar-refractivity contribution is -0.137. The Hall–Kier alpha value is -3.13. The fourth-order valence-corrected chi connectivity index (χ4v) is 4.69. The fraction of sp³-hybridized carbons (Fsp3) is 0.462. The van der Waals surface area contributed by atoms with E-state index in [1.165, 1.54) is 0 Å².